The Labute approximate surface area is 149 Å². The highest BCUT2D eigenvalue weighted by atomic mass is 127. The lowest BCUT2D eigenvalue weighted by atomic mass is 10.1. The molecule has 3 N–H and O–H groups in total. The molecule has 4 nitrogen and oxygen atoms in total. The van der Waals surface area contributed by atoms with Crippen LogP contribution < -0.4 is 11.1 Å². The third-order valence-corrected chi connectivity index (χ3v) is 4.14. The Hall–Kier alpha value is -1.08. The van der Waals surface area contributed by atoms with Crippen molar-refractivity contribution in [2.75, 3.05) is 25.1 Å². The van der Waals surface area contributed by atoms with E-state index in [9.17, 15) is 0 Å². The first-order chi connectivity index (χ1) is 10.3. The van der Waals surface area contributed by atoms with E-state index in [1.54, 1.807) is 0 Å². The molecule has 1 heterocycles. The molecule has 0 amide bonds. The molecule has 1 aliphatic carbocycles. The number of nitrogens with two attached hydrogens (primary N) is 1. The van der Waals surface area contributed by atoms with Crippen LogP contribution >= 0.6 is 24.0 Å². The zero-order valence-electron chi connectivity index (χ0n) is 12.8. The van der Waals surface area contributed by atoms with Crippen LogP contribution in [0.2, 0.25) is 0 Å². The molecule has 2 aliphatic rings. The van der Waals surface area contributed by atoms with E-state index in [1.807, 2.05) is 0 Å². The molecule has 0 atom stereocenters. The van der Waals surface area contributed by atoms with Crippen LogP contribution in [0.15, 0.2) is 34.8 Å². The lowest BCUT2D eigenvalue weighted by molar-refractivity contribution is 0.153. The number of halogens is 1. The summed E-state index contributed by atoms with van der Waals surface area (Å²) in [6, 6.07) is 6.49. The van der Waals surface area contributed by atoms with Crippen LogP contribution in [0, 0.1) is 0 Å². The van der Waals surface area contributed by atoms with E-state index in [2.05, 4.69) is 34.6 Å². The minimum atomic E-state index is 0. The van der Waals surface area contributed by atoms with E-state index in [-0.39, 0.29) is 24.0 Å². The summed E-state index contributed by atoms with van der Waals surface area (Å²) in [4.78, 5) is 4.41. The fourth-order valence-electron chi connectivity index (χ4n) is 2.95. The zero-order chi connectivity index (χ0) is 14.5. The SMILES string of the molecule is I.NC(=NCCC1=CCOCC1)Nc1ccc2c(c1)CCC2. The molecule has 1 aromatic rings. The first-order valence-electron chi connectivity index (χ1n) is 7.76. The van der Waals surface area contributed by atoms with E-state index in [0.29, 0.717) is 5.96 Å². The highest BCUT2D eigenvalue weighted by Gasteiger charge is 2.10. The van der Waals surface area contributed by atoms with E-state index in [0.717, 1.165) is 38.3 Å². The van der Waals surface area contributed by atoms with Crippen molar-refractivity contribution in [3.8, 4) is 0 Å². The number of fused-ring (bicyclic) bond motifs is 1. The molecule has 22 heavy (non-hydrogen) atoms. The molecule has 0 radical (unpaired) electrons. The number of benzene rings is 1. The number of ether oxygens (including phenoxy) is 1. The van der Waals surface area contributed by atoms with Crippen LogP contribution in [0.5, 0.6) is 0 Å². The maximum Gasteiger partial charge on any atom is 0.193 e. The van der Waals surface area contributed by atoms with Crippen LogP contribution in [-0.2, 0) is 17.6 Å². The van der Waals surface area contributed by atoms with Crippen molar-refractivity contribution in [2.24, 2.45) is 10.7 Å². The number of nitrogens with one attached hydrogen (secondary N) is 1. The zero-order valence-corrected chi connectivity index (χ0v) is 15.1. The van der Waals surface area contributed by atoms with E-state index < -0.39 is 0 Å². The summed E-state index contributed by atoms with van der Waals surface area (Å²) in [6.45, 7) is 2.30. The van der Waals surface area contributed by atoms with Crippen molar-refractivity contribution in [2.45, 2.75) is 32.1 Å². The lowest BCUT2D eigenvalue weighted by Gasteiger charge is -2.12. The Morgan fingerprint density at radius 3 is 2.91 bits per heavy atom. The van der Waals surface area contributed by atoms with E-state index in [4.69, 9.17) is 10.5 Å². The highest BCUT2D eigenvalue weighted by Crippen LogP contribution is 2.24. The molecular weight excluding hydrogens is 389 g/mol. The van der Waals surface area contributed by atoms with Gasteiger partial charge < -0.3 is 15.8 Å². The monoisotopic (exact) mass is 413 g/mol. The van der Waals surface area contributed by atoms with Crippen molar-refractivity contribution in [3.63, 3.8) is 0 Å². The topological polar surface area (TPSA) is 59.6 Å². The van der Waals surface area contributed by atoms with Gasteiger partial charge in [-0.3, -0.25) is 4.99 Å². The summed E-state index contributed by atoms with van der Waals surface area (Å²) in [7, 11) is 0. The van der Waals surface area contributed by atoms with Crippen LogP contribution in [0.25, 0.3) is 0 Å². The summed E-state index contributed by atoms with van der Waals surface area (Å²) < 4.78 is 5.29. The van der Waals surface area contributed by atoms with Gasteiger partial charge in [0.1, 0.15) is 0 Å². The summed E-state index contributed by atoms with van der Waals surface area (Å²) in [5, 5.41) is 3.19. The summed E-state index contributed by atoms with van der Waals surface area (Å²) in [6.07, 6.45) is 7.80. The van der Waals surface area contributed by atoms with Gasteiger partial charge in [0.15, 0.2) is 5.96 Å². The van der Waals surface area contributed by atoms with Crippen LogP contribution in [0.3, 0.4) is 0 Å². The van der Waals surface area contributed by atoms with Crippen molar-refractivity contribution in [1.82, 2.24) is 0 Å². The van der Waals surface area contributed by atoms with Crippen LogP contribution in [-0.4, -0.2) is 25.7 Å². The molecule has 3 rings (SSSR count). The number of rotatable bonds is 4. The number of nitrogens with zero attached hydrogens (tertiary/aromatic N) is 1. The Kier molecular flexibility index (Phi) is 6.70. The minimum Gasteiger partial charge on any atom is -0.377 e. The summed E-state index contributed by atoms with van der Waals surface area (Å²) in [5.41, 5.74) is 11.4. The van der Waals surface area contributed by atoms with E-state index in [1.165, 1.54) is 36.0 Å². The number of hydrogen-bond donors (Lipinski definition) is 2. The average Bonchev–Trinajstić information content (AvgIpc) is 2.96. The molecule has 1 aliphatic heterocycles. The fraction of sp³-hybridized carbons (Fsp3) is 0.471. The molecule has 0 saturated carbocycles. The Bertz CT molecular complexity index is 569. The normalized spacial score (nSPS) is 17.5. The lowest BCUT2D eigenvalue weighted by Crippen LogP contribution is -2.23. The Balaban J connectivity index is 0.00000176. The van der Waals surface area contributed by atoms with Crippen LogP contribution in [0.4, 0.5) is 5.69 Å². The van der Waals surface area contributed by atoms with Crippen LogP contribution in [0.1, 0.15) is 30.4 Å². The predicted octanol–water partition coefficient (Wildman–Crippen LogP) is 3.26. The van der Waals surface area contributed by atoms with Gasteiger partial charge in [0.25, 0.3) is 0 Å². The highest BCUT2D eigenvalue weighted by molar-refractivity contribution is 14.0. The number of hydrogen-bond acceptors (Lipinski definition) is 2. The number of aryl methyl sites for hydroxylation is 2. The van der Waals surface area contributed by atoms with Gasteiger partial charge in [-0.2, -0.15) is 0 Å². The van der Waals surface area contributed by atoms with Gasteiger partial charge in [-0.15, -0.1) is 24.0 Å². The van der Waals surface area contributed by atoms with Gasteiger partial charge in [-0.05, 0) is 55.4 Å². The molecule has 0 spiro atoms. The molecule has 0 fully saturated rings. The quantitative estimate of drug-likeness (QED) is 0.345. The van der Waals surface area contributed by atoms with E-state index >= 15 is 0 Å². The average molecular weight is 413 g/mol. The van der Waals surface area contributed by atoms with Crippen molar-refractivity contribution < 1.29 is 4.74 Å². The molecule has 0 unspecified atom stereocenters. The van der Waals surface area contributed by atoms with Crippen molar-refractivity contribution >= 4 is 35.6 Å². The number of aliphatic imine (C=N–C) groups is 1. The molecule has 0 aromatic heterocycles. The van der Waals surface area contributed by atoms with Gasteiger partial charge in [-0.25, -0.2) is 0 Å². The number of anilines is 1. The molecular formula is C17H24IN3O. The second-order valence-electron chi connectivity index (χ2n) is 5.67. The second-order valence-corrected chi connectivity index (χ2v) is 5.67. The van der Waals surface area contributed by atoms with Gasteiger partial charge in [0, 0.05) is 12.2 Å². The summed E-state index contributed by atoms with van der Waals surface area (Å²) in [5.74, 6) is 0.501. The first kappa shape index (κ1) is 17.3. The third kappa shape index (κ3) is 4.71. The maximum atomic E-state index is 5.96. The second kappa shape index (κ2) is 8.53. The number of guanidine groups is 1. The maximum absolute atomic E-state index is 5.96. The standard InChI is InChI=1S/C17H23N3O.HI/c18-17(19-9-6-13-7-10-21-11-8-13)20-16-5-4-14-2-1-3-15(14)12-16;/h4-5,7,12H,1-3,6,8-11H2,(H3,18,19,20);1H. The predicted molar refractivity (Wildman–Crippen MR) is 102 cm³/mol. The molecule has 0 saturated heterocycles. The smallest absolute Gasteiger partial charge is 0.193 e. The molecule has 5 heteroatoms. The van der Waals surface area contributed by atoms with Gasteiger partial charge in [-0.1, -0.05) is 17.7 Å². The first-order valence-corrected chi connectivity index (χ1v) is 7.76. The van der Waals surface area contributed by atoms with Crippen molar-refractivity contribution in [3.05, 3.63) is 41.0 Å². The molecule has 120 valence electrons. The Morgan fingerprint density at radius 1 is 1.23 bits per heavy atom. The largest absolute Gasteiger partial charge is 0.377 e. The van der Waals surface area contributed by atoms with Crippen molar-refractivity contribution in [1.29, 1.82) is 0 Å². The van der Waals surface area contributed by atoms with Gasteiger partial charge in [0.2, 0.25) is 0 Å². The molecule has 1 aromatic carbocycles. The third-order valence-electron chi connectivity index (χ3n) is 4.14. The Morgan fingerprint density at radius 2 is 2.09 bits per heavy atom. The summed E-state index contributed by atoms with van der Waals surface area (Å²) >= 11 is 0. The van der Waals surface area contributed by atoms with Gasteiger partial charge >= 0.3 is 0 Å². The van der Waals surface area contributed by atoms with Gasteiger partial charge in [0.05, 0.1) is 13.2 Å². The fourth-order valence-corrected chi connectivity index (χ4v) is 2.95. The minimum absolute atomic E-state index is 0. The molecule has 0 bridgehead atoms.